The van der Waals surface area contributed by atoms with Gasteiger partial charge in [0.1, 0.15) is 11.5 Å². The predicted octanol–water partition coefficient (Wildman–Crippen LogP) is 6.45. The maximum absolute atomic E-state index is 5.43. The van der Waals surface area contributed by atoms with Crippen LogP contribution in [-0.2, 0) is 13.0 Å². The minimum absolute atomic E-state index is 0.839. The van der Waals surface area contributed by atoms with Gasteiger partial charge in [-0.15, -0.1) is 0 Å². The third kappa shape index (κ3) is 3.97. The summed E-state index contributed by atoms with van der Waals surface area (Å²) < 4.78 is 13.2. The van der Waals surface area contributed by atoms with Gasteiger partial charge in [0.15, 0.2) is 0 Å². The van der Waals surface area contributed by atoms with E-state index in [-0.39, 0.29) is 0 Å². The Bertz CT molecular complexity index is 1110. The van der Waals surface area contributed by atoms with Crippen molar-refractivity contribution in [2.75, 3.05) is 14.2 Å². The standard InChI is InChI=1S/C27H27NO2/c1-4-28-19-23(17-20-9-8-12-25(18-20)30-3)26(21-13-15-24(29-2)16-14-21)27(28)22-10-6-5-7-11-22/h5-16,18-19H,4,17H2,1-3H3. The van der Waals surface area contributed by atoms with Gasteiger partial charge >= 0.3 is 0 Å². The molecule has 0 aliphatic carbocycles. The monoisotopic (exact) mass is 397 g/mol. The first-order valence-electron chi connectivity index (χ1n) is 10.3. The average molecular weight is 398 g/mol. The van der Waals surface area contributed by atoms with Gasteiger partial charge in [-0.25, -0.2) is 0 Å². The lowest BCUT2D eigenvalue weighted by atomic mass is 9.94. The topological polar surface area (TPSA) is 23.4 Å². The third-order valence-electron chi connectivity index (χ3n) is 5.45. The fourth-order valence-electron chi connectivity index (χ4n) is 3.98. The summed E-state index contributed by atoms with van der Waals surface area (Å²) in [4.78, 5) is 0. The van der Waals surface area contributed by atoms with Gasteiger partial charge in [-0.3, -0.25) is 0 Å². The van der Waals surface area contributed by atoms with E-state index in [9.17, 15) is 0 Å². The van der Waals surface area contributed by atoms with Crippen molar-refractivity contribution >= 4 is 0 Å². The number of rotatable bonds is 7. The van der Waals surface area contributed by atoms with Crippen LogP contribution in [0.25, 0.3) is 22.4 Å². The second-order valence-corrected chi connectivity index (χ2v) is 7.29. The highest BCUT2D eigenvalue weighted by Crippen LogP contribution is 2.38. The molecule has 4 rings (SSSR count). The molecular formula is C27H27NO2. The Labute approximate surface area is 178 Å². The fraction of sp³-hybridized carbons (Fsp3) is 0.185. The van der Waals surface area contributed by atoms with Crippen molar-refractivity contribution in [2.24, 2.45) is 0 Å². The fourth-order valence-corrected chi connectivity index (χ4v) is 3.98. The molecule has 3 heteroatoms. The zero-order valence-corrected chi connectivity index (χ0v) is 17.8. The van der Waals surface area contributed by atoms with Crippen molar-refractivity contribution in [3.05, 3.63) is 96.2 Å². The second-order valence-electron chi connectivity index (χ2n) is 7.29. The van der Waals surface area contributed by atoms with Crippen LogP contribution in [0, 0.1) is 0 Å². The van der Waals surface area contributed by atoms with Crippen molar-refractivity contribution in [1.29, 1.82) is 0 Å². The van der Waals surface area contributed by atoms with Gasteiger partial charge in [-0.05, 0) is 59.9 Å². The Hall–Kier alpha value is -3.46. The number of hydrogen-bond acceptors (Lipinski definition) is 2. The molecule has 152 valence electrons. The van der Waals surface area contributed by atoms with Crippen LogP contribution in [0.5, 0.6) is 11.5 Å². The van der Waals surface area contributed by atoms with Crippen LogP contribution in [0.2, 0.25) is 0 Å². The van der Waals surface area contributed by atoms with E-state index in [0.717, 1.165) is 24.5 Å². The summed E-state index contributed by atoms with van der Waals surface area (Å²) in [5.41, 5.74) is 7.47. The highest BCUT2D eigenvalue weighted by atomic mass is 16.5. The molecule has 0 aliphatic rings. The second kappa shape index (κ2) is 8.91. The lowest BCUT2D eigenvalue weighted by Crippen LogP contribution is -1.96. The molecule has 0 bridgehead atoms. The molecule has 0 atom stereocenters. The van der Waals surface area contributed by atoms with Crippen molar-refractivity contribution in [3.8, 4) is 33.9 Å². The lowest BCUT2D eigenvalue weighted by molar-refractivity contribution is 0.414. The van der Waals surface area contributed by atoms with Gasteiger partial charge < -0.3 is 14.0 Å². The molecule has 1 heterocycles. The summed E-state index contributed by atoms with van der Waals surface area (Å²) in [5.74, 6) is 1.75. The number of nitrogens with zero attached hydrogens (tertiary/aromatic N) is 1. The Balaban J connectivity index is 1.89. The largest absolute Gasteiger partial charge is 0.497 e. The Kier molecular flexibility index (Phi) is 5.89. The predicted molar refractivity (Wildman–Crippen MR) is 123 cm³/mol. The zero-order chi connectivity index (χ0) is 20.9. The van der Waals surface area contributed by atoms with Gasteiger partial charge in [0.05, 0.1) is 19.9 Å². The third-order valence-corrected chi connectivity index (χ3v) is 5.45. The summed E-state index contributed by atoms with van der Waals surface area (Å²) in [6.45, 7) is 3.10. The van der Waals surface area contributed by atoms with Crippen molar-refractivity contribution in [2.45, 2.75) is 19.9 Å². The minimum Gasteiger partial charge on any atom is -0.497 e. The Morgan fingerprint density at radius 2 is 1.47 bits per heavy atom. The van der Waals surface area contributed by atoms with E-state index in [4.69, 9.17) is 9.47 Å². The van der Waals surface area contributed by atoms with Crippen LogP contribution in [0.15, 0.2) is 85.1 Å². The van der Waals surface area contributed by atoms with Crippen LogP contribution in [0.3, 0.4) is 0 Å². The number of aromatic nitrogens is 1. The number of aryl methyl sites for hydroxylation is 1. The van der Waals surface area contributed by atoms with Gasteiger partial charge in [-0.1, -0.05) is 54.6 Å². The molecule has 30 heavy (non-hydrogen) atoms. The van der Waals surface area contributed by atoms with Crippen molar-refractivity contribution in [1.82, 2.24) is 4.57 Å². The molecule has 3 aromatic carbocycles. The molecule has 0 N–H and O–H groups in total. The smallest absolute Gasteiger partial charge is 0.119 e. The maximum Gasteiger partial charge on any atom is 0.119 e. The minimum atomic E-state index is 0.839. The van der Waals surface area contributed by atoms with E-state index in [0.29, 0.717) is 0 Å². The van der Waals surface area contributed by atoms with Gasteiger partial charge in [0.2, 0.25) is 0 Å². The van der Waals surface area contributed by atoms with Gasteiger partial charge in [0.25, 0.3) is 0 Å². The van der Waals surface area contributed by atoms with Gasteiger partial charge in [0, 0.05) is 18.3 Å². The van der Waals surface area contributed by atoms with Crippen molar-refractivity contribution < 1.29 is 9.47 Å². The normalized spacial score (nSPS) is 10.8. The van der Waals surface area contributed by atoms with Gasteiger partial charge in [-0.2, -0.15) is 0 Å². The number of methoxy groups -OCH3 is 2. The number of benzene rings is 3. The average Bonchev–Trinajstić information content (AvgIpc) is 3.18. The molecule has 0 fully saturated rings. The summed E-state index contributed by atoms with van der Waals surface area (Å²) in [5, 5.41) is 0. The molecular weight excluding hydrogens is 370 g/mol. The molecule has 0 spiro atoms. The van der Waals surface area contributed by atoms with Crippen LogP contribution in [-0.4, -0.2) is 18.8 Å². The van der Waals surface area contributed by atoms with E-state index < -0.39 is 0 Å². The van der Waals surface area contributed by atoms with E-state index in [1.807, 2.05) is 18.2 Å². The highest BCUT2D eigenvalue weighted by molar-refractivity contribution is 5.85. The molecule has 0 saturated heterocycles. The van der Waals surface area contributed by atoms with E-state index >= 15 is 0 Å². The first-order valence-corrected chi connectivity index (χ1v) is 10.3. The lowest BCUT2D eigenvalue weighted by Gasteiger charge is -2.12. The molecule has 1 aromatic heterocycles. The van der Waals surface area contributed by atoms with Crippen molar-refractivity contribution in [3.63, 3.8) is 0 Å². The highest BCUT2D eigenvalue weighted by Gasteiger charge is 2.19. The van der Waals surface area contributed by atoms with Crippen LogP contribution in [0.4, 0.5) is 0 Å². The Morgan fingerprint density at radius 1 is 0.733 bits per heavy atom. The van der Waals surface area contributed by atoms with Crippen LogP contribution < -0.4 is 9.47 Å². The number of ether oxygens (including phenoxy) is 2. The van der Waals surface area contributed by atoms with E-state index in [1.54, 1.807) is 14.2 Å². The first kappa shape index (κ1) is 19.8. The summed E-state index contributed by atoms with van der Waals surface area (Å²) in [6, 6.07) is 27.3. The quantitative estimate of drug-likeness (QED) is 0.358. The molecule has 3 nitrogen and oxygen atoms in total. The SMILES string of the molecule is CCn1cc(Cc2cccc(OC)c2)c(-c2ccc(OC)cc2)c1-c1ccccc1. The van der Waals surface area contributed by atoms with Crippen LogP contribution in [0.1, 0.15) is 18.1 Å². The Morgan fingerprint density at radius 3 is 2.13 bits per heavy atom. The molecule has 0 radical (unpaired) electrons. The molecule has 0 unspecified atom stereocenters. The maximum atomic E-state index is 5.43. The summed E-state index contributed by atoms with van der Waals surface area (Å²) >= 11 is 0. The van der Waals surface area contributed by atoms with Crippen LogP contribution >= 0.6 is 0 Å². The van der Waals surface area contributed by atoms with E-state index in [1.165, 1.54) is 33.5 Å². The molecule has 0 saturated carbocycles. The molecule has 0 aliphatic heterocycles. The number of hydrogen-bond donors (Lipinski definition) is 0. The molecule has 4 aromatic rings. The first-order chi connectivity index (χ1) is 14.7. The van der Waals surface area contributed by atoms with E-state index in [2.05, 4.69) is 78.4 Å². The summed E-state index contributed by atoms with van der Waals surface area (Å²) in [7, 11) is 3.41. The molecule has 0 amide bonds. The zero-order valence-electron chi connectivity index (χ0n) is 17.8. The summed E-state index contributed by atoms with van der Waals surface area (Å²) in [6.07, 6.45) is 3.13.